The third-order valence-corrected chi connectivity index (χ3v) is 6.29. The first-order chi connectivity index (χ1) is 15.2. The Bertz CT molecular complexity index is 1330. The molecule has 7 heteroatoms. The van der Waals surface area contributed by atoms with Gasteiger partial charge in [-0.05, 0) is 35.9 Å². The number of fused-ring (bicyclic) bond motifs is 3. The molecule has 0 saturated heterocycles. The third kappa shape index (κ3) is 2.92. The van der Waals surface area contributed by atoms with Crippen LogP contribution in [0.5, 0.6) is 5.75 Å². The first-order valence-electron chi connectivity index (χ1n) is 9.87. The van der Waals surface area contributed by atoms with Crippen LogP contribution in [-0.2, 0) is 0 Å². The summed E-state index contributed by atoms with van der Waals surface area (Å²) in [7, 11) is 0. The highest BCUT2D eigenvalue weighted by atomic mass is 35.5. The van der Waals surface area contributed by atoms with Crippen molar-refractivity contribution in [3.05, 3.63) is 111 Å². The number of ether oxygens (including phenoxy) is 1. The van der Waals surface area contributed by atoms with E-state index in [0.717, 1.165) is 33.7 Å². The Kier molecular flexibility index (Phi) is 4.26. The molecule has 152 valence electrons. The predicted molar refractivity (Wildman–Crippen MR) is 121 cm³/mol. The van der Waals surface area contributed by atoms with E-state index in [9.17, 15) is 0 Å². The molecule has 0 saturated carbocycles. The topological polar surface area (TPSA) is 52.0 Å². The molecule has 0 amide bonds. The van der Waals surface area contributed by atoms with Crippen LogP contribution in [0.1, 0.15) is 28.8 Å². The Morgan fingerprint density at radius 2 is 1.68 bits per heavy atom. The van der Waals surface area contributed by atoms with Crippen molar-refractivity contribution in [2.75, 3.05) is 5.32 Å². The summed E-state index contributed by atoms with van der Waals surface area (Å²) in [4.78, 5) is 4.44. The summed E-state index contributed by atoms with van der Waals surface area (Å²) in [6, 6.07) is 23.3. The van der Waals surface area contributed by atoms with Crippen molar-refractivity contribution < 1.29 is 4.74 Å². The first-order valence-corrected chi connectivity index (χ1v) is 10.6. The Morgan fingerprint density at radius 1 is 0.903 bits per heavy atom. The van der Waals surface area contributed by atoms with Crippen molar-refractivity contribution in [3.8, 4) is 5.75 Å². The number of hydrogen-bond acceptors (Lipinski definition) is 4. The highest BCUT2D eigenvalue weighted by Crippen LogP contribution is 2.51. The number of hydrogen-bond donors (Lipinski definition) is 1. The van der Waals surface area contributed by atoms with Crippen molar-refractivity contribution in [3.63, 3.8) is 0 Å². The van der Waals surface area contributed by atoms with E-state index >= 15 is 0 Å². The molecule has 0 spiro atoms. The van der Waals surface area contributed by atoms with E-state index in [-0.39, 0.29) is 6.04 Å². The lowest BCUT2D eigenvalue weighted by Crippen LogP contribution is -2.32. The molecule has 0 unspecified atom stereocenters. The van der Waals surface area contributed by atoms with Crippen molar-refractivity contribution in [2.24, 2.45) is 0 Å². The van der Waals surface area contributed by atoms with Crippen LogP contribution in [0.25, 0.3) is 5.70 Å². The van der Waals surface area contributed by atoms with Gasteiger partial charge in [0, 0.05) is 26.7 Å². The minimum Gasteiger partial charge on any atom is -0.480 e. The zero-order valence-electron chi connectivity index (χ0n) is 16.2. The molecule has 0 bridgehead atoms. The van der Waals surface area contributed by atoms with Crippen molar-refractivity contribution in [2.45, 2.75) is 12.1 Å². The largest absolute Gasteiger partial charge is 0.480 e. The number of halogens is 2. The van der Waals surface area contributed by atoms with Crippen LogP contribution in [-0.4, -0.2) is 14.8 Å². The lowest BCUT2D eigenvalue weighted by molar-refractivity contribution is 0.223. The summed E-state index contributed by atoms with van der Waals surface area (Å²) in [5.41, 5.74) is 4.90. The van der Waals surface area contributed by atoms with Crippen LogP contribution >= 0.6 is 23.2 Å². The maximum atomic E-state index is 6.63. The Balaban J connectivity index is 1.65. The molecule has 0 radical (unpaired) electrons. The molecule has 31 heavy (non-hydrogen) atoms. The van der Waals surface area contributed by atoms with E-state index in [1.54, 1.807) is 6.33 Å². The Labute approximate surface area is 188 Å². The molecular formula is C24H16Cl2N4O. The van der Waals surface area contributed by atoms with Gasteiger partial charge in [-0.2, -0.15) is 10.1 Å². The quantitative estimate of drug-likeness (QED) is 0.401. The van der Waals surface area contributed by atoms with E-state index in [4.69, 9.17) is 27.9 Å². The number of nitrogens with one attached hydrogen (secondary N) is 1. The number of anilines is 1. The Morgan fingerprint density at radius 3 is 2.52 bits per heavy atom. The molecule has 1 N–H and O–H groups in total. The molecule has 0 fully saturated rings. The second-order valence-corrected chi connectivity index (χ2v) is 8.30. The number of para-hydroxylation sites is 1. The highest BCUT2D eigenvalue weighted by molar-refractivity contribution is 6.31. The lowest BCUT2D eigenvalue weighted by Gasteiger charge is -2.39. The van der Waals surface area contributed by atoms with Crippen LogP contribution in [0.4, 0.5) is 5.95 Å². The zero-order valence-corrected chi connectivity index (χ0v) is 17.7. The monoisotopic (exact) mass is 446 g/mol. The fourth-order valence-electron chi connectivity index (χ4n) is 4.33. The van der Waals surface area contributed by atoms with E-state index in [1.165, 1.54) is 0 Å². The Hall–Kier alpha value is -3.28. The maximum absolute atomic E-state index is 6.63. The van der Waals surface area contributed by atoms with Gasteiger partial charge < -0.3 is 10.1 Å². The fourth-order valence-corrected chi connectivity index (χ4v) is 4.69. The van der Waals surface area contributed by atoms with Gasteiger partial charge in [0.2, 0.25) is 5.95 Å². The molecule has 1 aromatic heterocycles. The van der Waals surface area contributed by atoms with Gasteiger partial charge in [-0.25, -0.2) is 4.68 Å². The van der Waals surface area contributed by atoms with E-state index in [1.807, 2.05) is 77.5 Å². The third-order valence-electron chi connectivity index (χ3n) is 5.69. The van der Waals surface area contributed by atoms with Crippen LogP contribution in [0, 0.1) is 0 Å². The number of nitrogens with zero attached hydrogens (tertiary/aromatic N) is 3. The molecule has 2 aliphatic rings. The van der Waals surface area contributed by atoms with Gasteiger partial charge in [0.1, 0.15) is 18.1 Å². The second-order valence-electron chi connectivity index (χ2n) is 7.45. The summed E-state index contributed by atoms with van der Waals surface area (Å²) in [6.45, 7) is 0. The van der Waals surface area contributed by atoms with E-state index in [2.05, 4.69) is 15.4 Å². The summed E-state index contributed by atoms with van der Waals surface area (Å²) in [6.07, 6.45) is 1.16. The van der Waals surface area contributed by atoms with Gasteiger partial charge in [0.25, 0.3) is 0 Å². The molecule has 6 rings (SSSR count). The number of aromatic nitrogens is 3. The molecular weight excluding hydrogens is 431 g/mol. The smallest absolute Gasteiger partial charge is 0.226 e. The fraction of sp³-hybridized carbons (Fsp3) is 0.0833. The molecule has 0 aliphatic carbocycles. The number of benzene rings is 3. The molecule has 2 atom stereocenters. The average Bonchev–Trinajstić information content (AvgIpc) is 3.27. The molecule has 3 aromatic carbocycles. The highest BCUT2D eigenvalue weighted by Gasteiger charge is 2.41. The molecule has 3 heterocycles. The van der Waals surface area contributed by atoms with Gasteiger partial charge in [0.15, 0.2) is 6.10 Å². The normalized spacial score (nSPS) is 19.0. The molecule has 2 aliphatic heterocycles. The minimum atomic E-state index is -0.399. The van der Waals surface area contributed by atoms with Crippen LogP contribution in [0.3, 0.4) is 0 Å². The summed E-state index contributed by atoms with van der Waals surface area (Å²) >= 11 is 12.8. The molecule has 4 aromatic rings. The lowest BCUT2D eigenvalue weighted by atomic mass is 9.84. The van der Waals surface area contributed by atoms with Crippen LogP contribution in [0.2, 0.25) is 10.0 Å². The summed E-state index contributed by atoms with van der Waals surface area (Å²) in [5.74, 6) is 1.47. The van der Waals surface area contributed by atoms with E-state index < -0.39 is 6.10 Å². The van der Waals surface area contributed by atoms with Crippen LogP contribution < -0.4 is 10.1 Å². The van der Waals surface area contributed by atoms with Gasteiger partial charge in [-0.1, -0.05) is 65.7 Å². The molecule has 5 nitrogen and oxygen atoms in total. The summed E-state index contributed by atoms with van der Waals surface area (Å²) in [5, 5.41) is 9.34. The van der Waals surface area contributed by atoms with Gasteiger partial charge in [-0.3, -0.25) is 0 Å². The average molecular weight is 447 g/mol. The minimum absolute atomic E-state index is 0.236. The van der Waals surface area contributed by atoms with Gasteiger partial charge in [0.05, 0.1) is 5.70 Å². The van der Waals surface area contributed by atoms with Crippen molar-refractivity contribution >= 4 is 34.8 Å². The second kappa shape index (κ2) is 7.15. The van der Waals surface area contributed by atoms with E-state index in [0.29, 0.717) is 16.0 Å². The SMILES string of the molecule is Clc1ccc([C@@H]2C3=C(Nc4ncnn42)c2ccccc2O[C@H]3c2ccccc2Cl)cc1. The van der Waals surface area contributed by atoms with Crippen molar-refractivity contribution in [1.82, 2.24) is 14.8 Å². The van der Waals surface area contributed by atoms with Gasteiger partial charge in [-0.15, -0.1) is 0 Å². The first kappa shape index (κ1) is 18.5. The standard InChI is InChI=1S/C24H16Cl2N4O/c25-15-11-9-14(10-12-15)22-20-21(29-24-27-13-28-30(22)24)17-6-2-4-8-19(17)31-23(20)16-5-1-3-7-18(16)26/h1-13,22-23H,(H,27,28,29)/t22-,23+/m1/s1. The zero-order chi connectivity index (χ0) is 20.9. The van der Waals surface area contributed by atoms with Crippen molar-refractivity contribution in [1.29, 1.82) is 0 Å². The number of rotatable bonds is 2. The van der Waals surface area contributed by atoms with Crippen LogP contribution in [0.15, 0.2) is 84.7 Å². The van der Waals surface area contributed by atoms with Gasteiger partial charge >= 0.3 is 0 Å². The predicted octanol–water partition coefficient (Wildman–Crippen LogP) is 6.14. The maximum Gasteiger partial charge on any atom is 0.226 e. The summed E-state index contributed by atoms with van der Waals surface area (Å²) < 4.78 is 8.44.